The molecular weight excluding hydrogens is 254 g/mol. The van der Waals surface area contributed by atoms with Gasteiger partial charge in [-0.1, -0.05) is 18.2 Å². The van der Waals surface area contributed by atoms with Crippen LogP contribution in [0.25, 0.3) is 0 Å². The van der Waals surface area contributed by atoms with Crippen LogP contribution < -0.4 is 10.1 Å². The second-order valence-electron chi connectivity index (χ2n) is 5.22. The Morgan fingerprint density at radius 1 is 1.20 bits per heavy atom. The number of benzene rings is 1. The Morgan fingerprint density at radius 3 is 2.80 bits per heavy atom. The summed E-state index contributed by atoms with van der Waals surface area (Å²) in [6, 6.07) is 7.62. The second kappa shape index (κ2) is 5.12. The fourth-order valence-corrected chi connectivity index (χ4v) is 3.12. The van der Waals surface area contributed by atoms with Crippen LogP contribution in [0, 0.1) is 0 Å². The van der Waals surface area contributed by atoms with Crippen molar-refractivity contribution in [1.82, 2.24) is 5.32 Å². The number of ketones is 1. The number of methoxy groups -OCH3 is 1. The van der Waals surface area contributed by atoms with Gasteiger partial charge < -0.3 is 10.1 Å². The number of amides is 1. The Labute approximate surface area is 117 Å². The Morgan fingerprint density at radius 2 is 2.00 bits per heavy atom. The normalized spacial score (nSPS) is 22.4. The smallest absolute Gasteiger partial charge is 0.225 e. The van der Waals surface area contributed by atoms with E-state index in [1.807, 2.05) is 24.3 Å². The van der Waals surface area contributed by atoms with Gasteiger partial charge in [0.15, 0.2) is 5.78 Å². The standard InChI is InChI=1S/C16H17NO3/c1-20-14-8-3-2-5-10(14)11-9-15(19)17-12-6-4-7-13(18)16(11)12/h2-3,5,8,11H,4,6-7,9H2,1H3,(H,17,19)/t11-/m0/s1. The van der Waals surface area contributed by atoms with Gasteiger partial charge in [-0.25, -0.2) is 0 Å². The molecule has 0 unspecified atom stereocenters. The molecule has 1 aromatic rings. The van der Waals surface area contributed by atoms with Gasteiger partial charge in [-0.15, -0.1) is 0 Å². The molecule has 20 heavy (non-hydrogen) atoms. The Hall–Kier alpha value is -2.10. The summed E-state index contributed by atoms with van der Waals surface area (Å²) in [5.41, 5.74) is 2.52. The SMILES string of the molecule is COc1ccccc1[C@@H]1CC(=O)NC2=C1C(=O)CCC2. The van der Waals surface area contributed by atoms with Crippen molar-refractivity contribution < 1.29 is 14.3 Å². The number of hydrogen-bond acceptors (Lipinski definition) is 3. The van der Waals surface area contributed by atoms with Crippen LogP contribution in [0.3, 0.4) is 0 Å². The molecule has 4 nitrogen and oxygen atoms in total. The molecule has 1 aliphatic heterocycles. The molecule has 1 aliphatic carbocycles. The highest BCUT2D eigenvalue weighted by Gasteiger charge is 2.35. The molecule has 104 valence electrons. The van der Waals surface area contributed by atoms with Gasteiger partial charge in [0.1, 0.15) is 5.75 Å². The van der Waals surface area contributed by atoms with Gasteiger partial charge in [-0.2, -0.15) is 0 Å². The molecule has 4 heteroatoms. The van der Waals surface area contributed by atoms with Crippen molar-refractivity contribution in [2.24, 2.45) is 0 Å². The largest absolute Gasteiger partial charge is 0.496 e. The van der Waals surface area contributed by atoms with E-state index in [2.05, 4.69) is 5.32 Å². The second-order valence-corrected chi connectivity index (χ2v) is 5.22. The lowest BCUT2D eigenvalue weighted by atomic mass is 9.78. The highest BCUT2D eigenvalue weighted by Crippen LogP contribution is 2.40. The molecule has 0 bridgehead atoms. The molecule has 1 amide bonds. The van der Waals surface area contributed by atoms with E-state index in [0.29, 0.717) is 12.8 Å². The number of rotatable bonds is 2. The van der Waals surface area contributed by atoms with Crippen molar-refractivity contribution in [3.63, 3.8) is 0 Å². The van der Waals surface area contributed by atoms with Crippen LogP contribution in [0.4, 0.5) is 0 Å². The topological polar surface area (TPSA) is 55.4 Å². The van der Waals surface area contributed by atoms with E-state index < -0.39 is 0 Å². The lowest BCUT2D eigenvalue weighted by molar-refractivity contribution is -0.122. The Bertz CT molecular complexity index is 603. The highest BCUT2D eigenvalue weighted by atomic mass is 16.5. The maximum Gasteiger partial charge on any atom is 0.225 e. The molecule has 1 atom stereocenters. The first kappa shape index (κ1) is 12.9. The van der Waals surface area contributed by atoms with Gasteiger partial charge in [-0.3, -0.25) is 9.59 Å². The lowest BCUT2D eigenvalue weighted by Gasteiger charge is -2.31. The fourth-order valence-electron chi connectivity index (χ4n) is 3.12. The Kier molecular flexibility index (Phi) is 3.30. The van der Waals surface area contributed by atoms with Crippen LogP contribution in [0.2, 0.25) is 0 Å². The summed E-state index contributed by atoms with van der Waals surface area (Å²) in [6.07, 6.45) is 2.47. The molecule has 0 saturated carbocycles. The molecule has 1 aromatic carbocycles. The predicted molar refractivity (Wildman–Crippen MR) is 74.4 cm³/mol. The average Bonchev–Trinajstić information content (AvgIpc) is 2.46. The van der Waals surface area contributed by atoms with Gasteiger partial charge >= 0.3 is 0 Å². The zero-order chi connectivity index (χ0) is 14.1. The van der Waals surface area contributed by atoms with Crippen molar-refractivity contribution in [3.05, 3.63) is 41.1 Å². The van der Waals surface area contributed by atoms with Crippen molar-refractivity contribution in [1.29, 1.82) is 0 Å². The summed E-state index contributed by atoms with van der Waals surface area (Å²) in [6.45, 7) is 0. The van der Waals surface area contributed by atoms with E-state index in [1.165, 1.54) is 0 Å². The lowest BCUT2D eigenvalue weighted by Crippen LogP contribution is -2.36. The quantitative estimate of drug-likeness (QED) is 0.898. The van der Waals surface area contributed by atoms with Crippen LogP contribution in [-0.4, -0.2) is 18.8 Å². The zero-order valence-electron chi connectivity index (χ0n) is 11.4. The van der Waals surface area contributed by atoms with Gasteiger partial charge in [0, 0.05) is 35.6 Å². The first-order valence-electron chi connectivity index (χ1n) is 6.89. The minimum atomic E-state index is -0.178. The molecule has 0 saturated heterocycles. The molecular formula is C16H17NO3. The summed E-state index contributed by atoms with van der Waals surface area (Å²) < 4.78 is 5.38. The van der Waals surface area contributed by atoms with E-state index in [9.17, 15) is 9.59 Å². The van der Waals surface area contributed by atoms with Gasteiger partial charge in [0.05, 0.1) is 7.11 Å². The molecule has 0 fully saturated rings. The molecule has 1 heterocycles. The molecule has 3 rings (SSSR count). The first-order valence-corrected chi connectivity index (χ1v) is 6.89. The number of para-hydroxylation sites is 1. The van der Waals surface area contributed by atoms with Crippen LogP contribution in [0.15, 0.2) is 35.5 Å². The minimum Gasteiger partial charge on any atom is -0.496 e. The van der Waals surface area contributed by atoms with Crippen molar-refractivity contribution in [2.45, 2.75) is 31.6 Å². The first-order chi connectivity index (χ1) is 9.70. The van der Waals surface area contributed by atoms with E-state index in [-0.39, 0.29) is 17.6 Å². The maximum absolute atomic E-state index is 12.3. The average molecular weight is 271 g/mol. The molecule has 0 aromatic heterocycles. The number of hydrogen-bond donors (Lipinski definition) is 1. The van der Waals surface area contributed by atoms with E-state index >= 15 is 0 Å². The number of carbonyl (C=O) groups excluding carboxylic acids is 2. The zero-order valence-corrected chi connectivity index (χ0v) is 11.4. The Balaban J connectivity index is 2.11. The number of allylic oxidation sites excluding steroid dienone is 2. The van der Waals surface area contributed by atoms with Crippen LogP contribution >= 0.6 is 0 Å². The van der Waals surface area contributed by atoms with Crippen molar-refractivity contribution in [3.8, 4) is 5.75 Å². The molecule has 0 spiro atoms. The van der Waals surface area contributed by atoms with Gasteiger partial charge in [0.2, 0.25) is 5.91 Å². The van der Waals surface area contributed by atoms with Crippen LogP contribution in [0.5, 0.6) is 5.75 Å². The minimum absolute atomic E-state index is 0.0191. The van der Waals surface area contributed by atoms with Crippen LogP contribution in [0.1, 0.15) is 37.2 Å². The number of Topliss-reactive ketones (excluding diaryl/α,β-unsaturated/α-hetero) is 1. The summed E-state index contributed by atoms with van der Waals surface area (Å²) in [7, 11) is 1.61. The summed E-state index contributed by atoms with van der Waals surface area (Å²) in [5, 5.41) is 2.86. The maximum atomic E-state index is 12.3. The number of ether oxygens (including phenoxy) is 1. The fraction of sp³-hybridized carbons (Fsp3) is 0.375. The van der Waals surface area contributed by atoms with Gasteiger partial charge in [0.25, 0.3) is 0 Å². The number of carbonyl (C=O) groups is 2. The third-order valence-corrected chi connectivity index (χ3v) is 4.00. The summed E-state index contributed by atoms with van der Waals surface area (Å²) in [5.74, 6) is 0.691. The van der Waals surface area contributed by atoms with Crippen molar-refractivity contribution in [2.75, 3.05) is 7.11 Å². The summed E-state index contributed by atoms with van der Waals surface area (Å²) in [4.78, 5) is 24.2. The van der Waals surface area contributed by atoms with Crippen LogP contribution in [-0.2, 0) is 9.59 Å². The highest BCUT2D eigenvalue weighted by molar-refractivity contribution is 6.01. The van der Waals surface area contributed by atoms with E-state index in [0.717, 1.165) is 35.4 Å². The third-order valence-electron chi connectivity index (χ3n) is 4.00. The summed E-state index contributed by atoms with van der Waals surface area (Å²) >= 11 is 0. The van der Waals surface area contributed by atoms with E-state index in [1.54, 1.807) is 7.11 Å². The van der Waals surface area contributed by atoms with Crippen molar-refractivity contribution >= 4 is 11.7 Å². The third kappa shape index (κ3) is 2.11. The van der Waals surface area contributed by atoms with E-state index in [4.69, 9.17) is 4.74 Å². The van der Waals surface area contributed by atoms with Gasteiger partial charge in [-0.05, 0) is 18.9 Å². The molecule has 2 aliphatic rings. The molecule has 1 N–H and O–H groups in total. The monoisotopic (exact) mass is 271 g/mol. The number of nitrogens with one attached hydrogen (secondary N) is 1. The molecule has 0 radical (unpaired) electrons. The predicted octanol–water partition coefficient (Wildman–Crippen LogP) is 2.31.